The Bertz CT molecular complexity index is 633. The largest absolute Gasteiger partial charge is 0.469 e. The van der Waals surface area contributed by atoms with Gasteiger partial charge in [-0.3, -0.25) is 14.5 Å². The van der Waals surface area contributed by atoms with E-state index >= 15 is 0 Å². The van der Waals surface area contributed by atoms with Gasteiger partial charge in [0.25, 0.3) is 0 Å². The molecule has 0 bridgehead atoms. The van der Waals surface area contributed by atoms with Crippen molar-refractivity contribution in [3.8, 4) is 0 Å². The van der Waals surface area contributed by atoms with Gasteiger partial charge in [-0.25, -0.2) is 0 Å². The summed E-state index contributed by atoms with van der Waals surface area (Å²) in [6.07, 6.45) is 1.58. The molecule has 1 aliphatic rings. The first kappa shape index (κ1) is 20.2. The molecule has 0 saturated carbocycles. The van der Waals surface area contributed by atoms with E-state index in [4.69, 9.17) is 9.47 Å². The Morgan fingerprint density at radius 3 is 2.58 bits per heavy atom. The third kappa shape index (κ3) is 4.75. The minimum atomic E-state index is -0.109. The van der Waals surface area contributed by atoms with E-state index in [1.807, 2.05) is 11.6 Å². The molecular formula is C18H31N5O3. The summed E-state index contributed by atoms with van der Waals surface area (Å²) in [4.78, 5) is 18.3. The van der Waals surface area contributed by atoms with Crippen LogP contribution in [-0.2, 0) is 27.4 Å². The normalized spacial score (nSPS) is 16.0. The highest BCUT2D eigenvalue weighted by Gasteiger charge is 2.27. The molecule has 0 atom stereocenters. The van der Waals surface area contributed by atoms with Crippen molar-refractivity contribution in [1.82, 2.24) is 20.0 Å². The molecule has 0 unspecified atom stereocenters. The summed E-state index contributed by atoms with van der Waals surface area (Å²) < 4.78 is 12.0. The minimum Gasteiger partial charge on any atom is -0.469 e. The van der Waals surface area contributed by atoms with Crippen LogP contribution in [0.2, 0.25) is 0 Å². The lowest BCUT2D eigenvalue weighted by Crippen LogP contribution is -2.46. The second-order valence-corrected chi connectivity index (χ2v) is 6.55. The van der Waals surface area contributed by atoms with Gasteiger partial charge in [0.1, 0.15) is 0 Å². The number of aryl methyl sites for hydroxylation is 1. The molecule has 0 amide bonds. The van der Waals surface area contributed by atoms with Crippen molar-refractivity contribution < 1.29 is 14.3 Å². The number of nitrogens with zero attached hydrogens (tertiary/aromatic N) is 4. The van der Waals surface area contributed by atoms with Gasteiger partial charge in [-0.15, -0.1) is 0 Å². The molecule has 1 fully saturated rings. The van der Waals surface area contributed by atoms with E-state index < -0.39 is 0 Å². The zero-order valence-electron chi connectivity index (χ0n) is 16.5. The summed E-state index contributed by atoms with van der Waals surface area (Å²) >= 11 is 0. The maximum atomic E-state index is 11.7. The number of carbonyl (C=O) groups excluding carboxylic acids is 1. The number of nitrogens with one attached hydrogen (secondary N) is 1. The first-order chi connectivity index (χ1) is 12.5. The summed E-state index contributed by atoms with van der Waals surface area (Å²) in [6, 6.07) is 0. The van der Waals surface area contributed by atoms with Crippen LogP contribution in [0.3, 0.4) is 0 Å². The Labute approximate surface area is 155 Å². The van der Waals surface area contributed by atoms with E-state index in [0.717, 1.165) is 49.8 Å². The molecule has 26 heavy (non-hydrogen) atoms. The van der Waals surface area contributed by atoms with Crippen LogP contribution in [0.4, 0.5) is 0 Å². The molecule has 1 saturated heterocycles. The molecule has 1 aromatic heterocycles. The summed E-state index contributed by atoms with van der Waals surface area (Å²) in [6.45, 7) is 7.77. The Hall–Kier alpha value is -2.09. The highest BCUT2D eigenvalue weighted by Crippen LogP contribution is 2.19. The number of carbonyl (C=O) groups is 1. The summed E-state index contributed by atoms with van der Waals surface area (Å²) in [5, 5.41) is 8.03. The number of piperidine rings is 1. The number of hydrogen-bond donors (Lipinski definition) is 1. The predicted octanol–water partition coefficient (Wildman–Crippen LogP) is 1.11. The average molecular weight is 365 g/mol. The van der Waals surface area contributed by atoms with Crippen LogP contribution in [0.1, 0.15) is 29.8 Å². The molecule has 0 aliphatic carbocycles. The second-order valence-electron chi connectivity index (χ2n) is 6.55. The van der Waals surface area contributed by atoms with Crippen molar-refractivity contribution in [2.24, 2.45) is 10.9 Å². The van der Waals surface area contributed by atoms with Crippen molar-refractivity contribution in [3.63, 3.8) is 0 Å². The summed E-state index contributed by atoms with van der Waals surface area (Å²) in [7, 11) is 4.94. The molecule has 2 heterocycles. The number of hydrogen-bond acceptors (Lipinski definition) is 5. The number of rotatable bonds is 6. The molecule has 0 radical (unpaired) electrons. The molecule has 0 aromatic carbocycles. The van der Waals surface area contributed by atoms with Crippen LogP contribution < -0.4 is 5.32 Å². The van der Waals surface area contributed by atoms with Gasteiger partial charge in [0.2, 0.25) is 0 Å². The van der Waals surface area contributed by atoms with Gasteiger partial charge in [0.05, 0.1) is 31.9 Å². The smallest absolute Gasteiger partial charge is 0.308 e. The molecular weight excluding hydrogens is 334 g/mol. The molecule has 0 spiro atoms. The van der Waals surface area contributed by atoms with Gasteiger partial charge >= 0.3 is 5.97 Å². The van der Waals surface area contributed by atoms with Crippen LogP contribution >= 0.6 is 0 Å². The molecule has 8 heteroatoms. The topological polar surface area (TPSA) is 81.0 Å². The predicted molar refractivity (Wildman–Crippen MR) is 100 cm³/mol. The van der Waals surface area contributed by atoms with E-state index in [1.165, 1.54) is 12.7 Å². The lowest BCUT2D eigenvalue weighted by Gasteiger charge is -2.33. The van der Waals surface area contributed by atoms with Crippen LogP contribution in [0, 0.1) is 19.8 Å². The number of ether oxygens (including phenoxy) is 2. The van der Waals surface area contributed by atoms with Gasteiger partial charge in [-0.1, -0.05) is 0 Å². The van der Waals surface area contributed by atoms with Crippen molar-refractivity contribution in [1.29, 1.82) is 0 Å². The maximum absolute atomic E-state index is 11.7. The maximum Gasteiger partial charge on any atom is 0.308 e. The lowest BCUT2D eigenvalue weighted by atomic mass is 9.97. The van der Waals surface area contributed by atoms with Crippen LogP contribution in [0.15, 0.2) is 4.99 Å². The fourth-order valence-corrected chi connectivity index (χ4v) is 3.38. The lowest BCUT2D eigenvalue weighted by molar-refractivity contribution is -0.146. The van der Waals surface area contributed by atoms with Crippen molar-refractivity contribution in [3.05, 3.63) is 17.0 Å². The van der Waals surface area contributed by atoms with E-state index in [0.29, 0.717) is 13.2 Å². The second kappa shape index (κ2) is 9.56. The van der Waals surface area contributed by atoms with Gasteiger partial charge in [-0.2, -0.15) is 5.10 Å². The molecule has 2 rings (SSSR count). The number of aromatic nitrogens is 2. The monoisotopic (exact) mass is 365 g/mol. The Balaban J connectivity index is 1.94. The highest BCUT2D eigenvalue weighted by molar-refractivity contribution is 5.80. The third-order valence-electron chi connectivity index (χ3n) is 5.00. The Morgan fingerprint density at radius 2 is 2.00 bits per heavy atom. The SMILES string of the molecule is CN=C(NCc1c(C)nn(CCOC)c1C)N1CCC(C(=O)OC)CC1. The molecule has 146 valence electrons. The first-order valence-corrected chi connectivity index (χ1v) is 9.07. The van der Waals surface area contributed by atoms with Crippen molar-refractivity contribution >= 4 is 11.9 Å². The van der Waals surface area contributed by atoms with Crippen LogP contribution in [0.25, 0.3) is 0 Å². The average Bonchev–Trinajstić information content (AvgIpc) is 2.93. The Morgan fingerprint density at radius 1 is 1.31 bits per heavy atom. The third-order valence-corrected chi connectivity index (χ3v) is 5.00. The van der Waals surface area contributed by atoms with Crippen LogP contribution in [0.5, 0.6) is 0 Å². The standard InChI is InChI=1S/C18H31N5O3/c1-13-16(14(2)23(21-13)10-11-25-4)12-20-18(19-3)22-8-6-15(7-9-22)17(24)26-5/h15H,6-12H2,1-5H3,(H,19,20). The van der Waals surface area contributed by atoms with Gasteiger partial charge in [-0.05, 0) is 26.7 Å². The fraction of sp³-hybridized carbons (Fsp3) is 0.722. The zero-order valence-corrected chi connectivity index (χ0v) is 16.5. The fourth-order valence-electron chi connectivity index (χ4n) is 3.38. The van der Waals surface area contributed by atoms with E-state index in [-0.39, 0.29) is 11.9 Å². The van der Waals surface area contributed by atoms with E-state index in [9.17, 15) is 4.79 Å². The first-order valence-electron chi connectivity index (χ1n) is 9.07. The molecule has 8 nitrogen and oxygen atoms in total. The van der Waals surface area contributed by atoms with Gasteiger partial charge in [0, 0.05) is 45.0 Å². The summed E-state index contributed by atoms with van der Waals surface area (Å²) in [5.41, 5.74) is 3.35. The number of guanidine groups is 1. The van der Waals surface area contributed by atoms with Crippen LogP contribution in [-0.4, -0.2) is 67.6 Å². The quantitative estimate of drug-likeness (QED) is 0.462. The number of likely N-dealkylation sites (tertiary alicyclic amines) is 1. The minimum absolute atomic E-state index is 0.00198. The highest BCUT2D eigenvalue weighted by atomic mass is 16.5. The van der Waals surface area contributed by atoms with Gasteiger partial charge < -0.3 is 19.7 Å². The van der Waals surface area contributed by atoms with E-state index in [2.05, 4.69) is 27.2 Å². The number of aliphatic imine (C=N–C) groups is 1. The molecule has 1 N–H and O–H groups in total. The number of methoxy groups -OCH3 is 2. The molecule has 1 aromatic rings. The van der Waals surface area contributed by atoms with E-state index in [1.54, 1.807) is 14.2 Å². The summed E-state index contributed by atoms with van der Waals surface area (Å²) in [5.74, 6) is 0.747. The Kier molecular flexibility index (Phi) is 7.44. The molecule has 1 aliphatic heterocycles. The van der Waals surface area contributed by atoms with Crippen molar-refractivity contribution in [2.45, 2.75) is 39.8 Å². The van der Waals surface area contributed by atoms with Gasteiger partial charge in [0.15, 0.2) is 5.96 Å². The zero-order chi connectivity index (χ0) is 19.1. The van der Waals surface area contributed by atoms with Crippen molar-refractivity contribution in [2.75, 3.05) is 41.0 Å². The number of esters is 1.